The molecule has 0 amide bonds. The van der Waals surface area contributed by atoms with E-state index in [0.29, 0.717) is 5.92 Å². The number of aryl methyl sites for hydroxylation is 2. The molecule has 0 bridgehead atoms. The molecule has 0 aliphatic carbocycles. The Balaban J connectivity index is 1.26. The van der Waals surface area contributed by atoms with Gasteiger partial charge in [-0.1, -0.05) is 36.4 Å². The van der Waals surface area contributed by atoms with Crippen molar-refractivity contribution >= 4 is 11.8 Å². The Morgan fingerprint density at radius 3 is 2.91 bits per heavy atom. The predicted molar refractivity (Wildman–Crippen MR) is 133 cm³/mol. The number of nitrogens with zero attached hydrogens (tertiary/aromatic N) is 3. The Morgan fingerprint density at radius 2 is 2.09 bits per heavy atom. The second-order valence-electron chi connectivity index (χ2n) is 9.72. The molecule has 0 spiro atoms. The van der Waals surface area contributed by atoms with Crippen LogP contribution in [-0.4, -0.2) is 65.6 Å². The first-order chi connectivity index (χ1) is 16.1. The molecule has 1 aromatic heterocycles. The van der Waals surface area contributed by atoms with E-state index in [1.165, 1.54) is 30.5 Å². The first-order valence-corrected chi connectivity index (χ1v) is 12.5. The van der Waals surface area contributed by atoms with Crippen LogP contribution < -0.4 is 5.32 Å². The second-order valence-corrected chi connectivity index (χ2v) is 9.72. The predicted octanol–water partition coefficient (Wildman–Crippen LogP) is 4.23. The van der Waals surface area contributed by atoms with E-state index in [0.717, 1.165) is 63.4 Å². The molecule has 2 atom stereocenters. The molecule has 6 heteroatoms. The number of aromatic nitrogens is 1. The lowest BCUT2D eigenvalue weighted by molar-refractivity contribution is -0.138. The largest absolute Gasteiger partial charge is 0.481 e. The zero-order chi connectivity index (χ0) is 23.0. The summed E-state index contributed by atoms with van der Waals surface area (Å²) in [4.78, 5) is 21.2. The van der Waals surface area contributed by atoms with Crippen molar-refractivity contribution in [2.75, 3.05) is 45.1 Å². The molecule has 2 N–H and O–H groups in total. The van der Waals surface area contributed by atoms with Crippen LogP contribution in [0, 0.1) is 5.92 Å². The molecule has 2 aliphatic rings. The average Bonchev–Trinajstić information content (AvgIpc) is 2.83. The SMILES string of the molecule is CN(CC1CCCN(CCCc2ccc3c(n2)NCCC3)C1)C(CC(=O)O)c1ccccc1. The van der Waals surface area contributed by atoms with Crippen molar-refractivity contribution < 1.29 is 9.90 Å². The van der Waals surface area contributed by atoms with Gasteiger partial charge in [-0.25, -0.2) is 4.98 Å². The highest BCUT2D eigenvalue weighted by Gasteiger charge is 2.26. The number of nitrogens with one attached hydrogen (secondary N) is 1. The van der Waals surface area contributed by atoms with Gasteiger partial charge in [-0.05, 0) is 81.8 Å². The summed E-state index contributed by atoms with van der Waals surface area (Å²) in [5, 5.41) is 12.9. The highest BCUT2D eigenvalue weighted by atomic mass is 16.4. The number of benzene rings is 1. The van der Waals surface area contributed by atoms with Crippen molar-refractivity contribution in [2.45, 2.75) is 51.0 Å². The molecule has 33 heavy (non-hydrogen) atoms. The monoisotopic (exact) mass is 450 g/mol. The number of fused-ring (bicyclic) bond motifs is 1. The number of carbonyl (C=O) groups is 1. The van der Waals surface area contributed by atoms with Crippen molar-refractivity contribution in [1.29, 1.82) is 0 Å². The summed E-state index contributed by atoms with van der Waals surface area (Å²) in [6, 6.07) is 14.4. The number of hydrogen-bond acceptors (Lipinski definition) is 5. The van der Waals surface area contributed by atoms with E-state index < -0.39 is 5.97 Å². The normalized spacial score (nSPS) is 19.6. The summed E-state index contributed by atoms with van der Waals surface area (Å²) in [7, 11) is 2.08. The summed E-state index contributed by atoms with van der Waals surface area (Å²) < 4.78 is 0. The summed E-state index contributed by atoms with van der Waals surface area (Å²) >= 11 is 0. The van der Waals surface area contributed by atoms with Crippen molar-refractivity contribution in [3.63, 3.8) is 0 Å². The first kappa shape index (κ1) is 23.7. The van der Waals surface area contributed by atoms with Gasteiger partial charge in [0.1, 0.15) is 5.82 Å². The number of likely N-dealkylation sites (tertiary alicyclic amines) is 1. The van der Waals surface area contributed by atoms with Crippen molar-refractivity contribution in [1.82, 2.24) is 14.8 Å². The van der Waals surface area contributed by atoms with E-state index in [2.05, 4.69) is 34.3 Å². The number of pyridine rings is 1. The average molecular weight is 451 g/mol. The Labute approximate surface area is 198 Å². The van der Waals surface area contributed by atoms with Gasteiger partial charge < -0.3 is 15.3 Å². The molecule has 0 radical (unpaired) electrons. The molecule has 6 nitrogen and oxygen atoms in total. The van der Waals surface area contributed by atoms with Gasteiger partial charge in [-0.2, -0.15) is 0 Å². The molecule has 2 unspecified atom stereocenters. The van der Waals surface area contributed by atoms with Gasteiger partial charge in [0.05, 0.1) is 6.42 Å². The Bertz CT molecular complexity index is 904. The van der Waals surface area contributed by atoms with E-state index >= 15 is 0 Å². The Kier molecular flexibility index (Phi) is 8.35. The Morgan fingerprint density at radius 1 is 1.24 bits per heavy atom. The minimum Gasteiger partial charge on any atom is -0.481 e. The van der Waals surface area contributed by atoms with Crippen molar-refractivity contribution in [2.24, 2.45) is 5.92 Å². The van der Waals surface area contributed by atoms with E-state index in [-0.39, 0.29) is 12.5 Å². The smallest absolute Gasteiger partial charge is 0.305 e. The minimum atomic E-state index is -0.744. The van der Waals surface area contributed by atoms with Crippen LogP contribution >= 0.6 is 0 Å². The molecule has 1 fully saturated rings. The van der Waals surface area contributed by atoms with E-state index in [4.69, 9.17) is 4.98 Å². The third kappa shape index (κ3) is 6.78. The molecule has 2 aliphatic heterocycles. The van der Waals surface area contributed by atoms with E-state index in [9.17, 15) is 9.90 Å². The highest BCUT2D eigenvalue weighted by molar-refractivity contribution is 5.68. The Hall–Kier alpha value is -2.44. The zero-order valence-electron chi connectivity index (χ0n) is 19.9. The molecule has 2 aromatic rings. The number of rotatable bonds is 10. The van der Waals surface area contributed by atoms with Gasteiger partial charge in [-0.15, -0.1) is 0 Å². The van der Waals surface area contributed by atoms with Crippen LogP contribution in [0.15, 0.2) is 42.5 Å². The highest BCUT2D eigenvalue weighted by Crippen LogP contribution is 2.26. The maximum atomic E-state index is 11.5. The molecule has 4 rings (SSSR count). The molecule has 0 saturated carbocycles. The van der Waals surface area contributed by atoms with Gasteiger partial charge >= 0.3 is 5.97 Å². The lowest BCUT2D eigenvalue weighted by Crippen LogP contribution is -2.41. The molecule has 1 aromatic carbocycles. The second kappa shape index (κ2) is 11.6. The maximum Gasteiger partial charge on any atom is 0.305 e. The quantitative estimate of drug-likeness (QED) is 0.565. The molecular formula is C27H38N4O2. The number of piperidine rings is 1. The first-order valence-electron chi connectivity index (χ1n) is 12.5. The minimum absolute atomic E-state index is 0.0808. The topological polar surface area (TPSA) is 68.7 Å². The van der Waals surface area contributed by atoms with Crippen molar-refractivity contribution in [3.8, 4) is 0 Å². The third-order valence-electron chi connectivity index (χ3n) is 7.09. The number of hydrogen-bond donors (Lipinski definition) is 2. The van der Waals surface area contributed by atoms with Gasteiger partial charge in [0.15, 0.2) is 0 Å². The summed E-state index contributed by atoms with van der Waals surface area (Å²) in [5.41, 5.74) is 3.63. The van der Waals surface area contributed by atoms with Gasteiger partial charge in [0.2, 0.25) is 0 Å². The van der Waals surface area contributed by atoms with E-state index in [1.807, 2.05) is 30.3 Å². The van der Waals surface area contributed by atoms with Gasteiger partial charge in [0, 0.05) is 31.4 Å². The summed E-state index contributed by atoms with van der Waals surface area (Å²) in [6.45, 7) is 5.32. The van der Waals surface area contributed by atoms with E-state index in [1.54, 1.807) is 0 Å². The number of carboxylic acid groups (broad SMARTS) is 1. The van der Waals surface area contributed by atoms with Crippen LogP contribution in [0.2, 0.25) is 0 Å². The number of anilines is 1. The van der Waals surface area contributed by atoms with Crippen LogP contribution in [0.1, 0.15) is 55.0 Å². The zero-order valence-corrected chi connectivity index (χ0v) is 19.9. The fraction of sp³-hybridized carbons (Fsp3) is 0.556. The number of aliphatic carboxylic acids is 1. The van der Waals surface area contributed by atoms with Crippen LogP contribution in [-0.2, 0) is 17.6 Å². The fourth-order valence-electron chi connectivity index (χ4n) is 5.40. The van der Waals surface area contributed by atoms with Crippen LogP contribution in [0.5, 0.6) is 0 Å². The fourth-order valence-corrected chi connectivity index (χ4v) is 5.40. The summed E-state index contributed by atoms with van der Waals surface area (Å²) in [6.07, 6.45) is 7.05. The molecule has 178 valence electrons. The van der Waals surface area contributed by atoms with Crippen LogP contribution in [0.25, 0.3) is 0 Å². The lowest BCUT2D eigenvalue weighted by atomic mass is 9.95. The third-order valence-corrected chi connectivity index (χ3v) is 7.09. The standard InChI is InChI=1S/C27H38N4O2/c1-30(25(18-26(32)33)22-9-3-2-4-10-22)19-21-8-6-16-31(20-21)17-7-12-24-14-13-23-11-5-15-28-27(23)29-24/h2-4,9-10,13-14,21,25H,5-8,11-12,15-20H2,1H3,(H,28,29)(H,32,33). The lowest BCUT2D eigenvalue weighted by Gasteiger charge is -2.37. The van der Waals surface area contributed by atoms with Crippen LogP contribution in [0.3, 0.4) is 0 Å². The number of carboxylic acids is 1. The summed E-state index contributed by atoms with van der Waals surface area (Å²) in [5.74, 6) is 0.927. The van der Waals surface area contributed by atoms with Crippen molar-refractivity contribution in [3.05, 3.63) is 59.3 Å². The van der Waals surface area contributed by atoms with Gasteiger partial charge in [0.25, 0.3) is 0 Å². The molecular weight excluding hydrogens is 412 g/mol. The molecule has 1 saturated heterocycles. The molecule has 3 heterocycles. The van der Waals surface area contributed by atoms with Gasteiger partial charge in [-0.3, -0.25) is 9.69 Å². The van der Waals surface area contributed by atoms with Crippen LogP contribution in [0.4, 0.5) is 5.82 Å². The maximum absolute atomic E-state index is 11.5.